The van der Waals surface area contributed by atoms with E-state index in [0.717, 1.165) is 11.1 Å². The smallest absolute Gasteiger partial charge is 0.408 e. The van der Waals surface area contributed by atoms with E-state index in [4.69, 9.17) is 9.47 Å². The van der Waals surface area contributed by atoms with Gasteiger partial charge in [0.1, 0.15) is 19.3 Å². The summed E-state index contributed by atoms with van der Waals surface area (Å²) in [6, 6.07) is 16.5. The van der Waals surface area contributed by atoms with Crippen LogP contribution in [-0.2, 0) is 36.9 Å². The van der Waals surface area contributed by atoms with Crippen molar-refractivity contribution in [1.29, 1.82) is 0 Å². The molecular formula is C34H45N3O7. The zero-order valence-electron chi connectivity index (χ0n) is 25.6. The van der Waals surface area contributed by atoms with E-state index in [-0.39, 0.29) is 56.8 Å². The van der Waals surface area contributed by atoms with Gasteiger partial charge in [0.25, 0.3) is 0 Å². The normalized spacial score (nSPS) is 13.5. The lowest BCUT2D eigenvalue weighted by Gasteiger charge is -2.26. The van der Waals surface area contributed by atoms with Gasteiger partial charge in [-0.05, 0) is 36.3 Å². The second kappa shape index (κ2) is 19.7. The first-order valence-electron chi connectivity index (χ1n) is 14.8. The third kappa shape index (κ3) is 13.2. The second-order valence-corrected chi connectivity index (χ2v) is 10.8. The molecule has 2 rings (SSSR count). The molecule has 0 fully saturated rings. The fourth-order valence-electron chi connectivity index (χ4n) is 4.32. The molecule has 0 saturated heterocycles. The number of carbonyl (C=O) groups excluding carboxylic acids is 4. The number of hydrogen-bond acceptors (Lipinski definition) is 7. The number of esters is 1. The average molecular weight is 608 g/mol. The van der Waals surface area contributed by atoms with E-state index in [2.05, 4.69) is 29.1 Å². The topological polar surface area (TPSA) is 143 Å². The van der Waals surface area contributed by atoms with Gasteiger partial charge in [0, 0.05) is 6.42 Å². The van der Waals surface area contributed by atoms with E-state index < -0.39 is 36.1 Å². The number of amides is 3. The third-order valence-corrected chi connectivity index (χ3v) is 6.89. The van der Waals surface area contributed by atoms with Crippen molar-refractivity contribution in [3.8, 4) is 0 Å². The highest BCUT2D eigenvalue weighted by Gasteiger charge is 2.28. The summed E-state index contributed by atoms with van der Waals surface area (Å²) in [7, 11) is 0. The zero-order valence-corrected chi connectivity index (χ0v) is 25.6. The Morgan fingerprint density at radius 1 is 0.841 bits per heavy atom. The van der Waals surface area contributed by atoms with Gasteiger partial charge in [0.15, 0.2) is 0 Å². The maximum absolute atomic E-state index is 13.2. The maximum atomic E-state index is 13.2. The highest BCUT2D eigenvalue weighted by Crippen LogP contribution is 2.14. The molecule has 0 aliphatic carbocycles. The lowest BCUT2D eigenvalue weighted by atomic mass is 9.97. The highest BCUT2D eigenvalue weighted by atomic mass is 16.6. The number of benzene rings is 2. The fraction of sp³-hybridized carbons (Fsp3) is 0.412. The Labute approximate surface area is 259 Å². The molecule has 0 bridgehead atoms. The molecule has 0 radical (unpaired) electrons. The lowest BCUT2D eigenvalue weighted by molar-refractivity contribution is -0.148. The van der Waals surface area contributed by atoms with Crippen molar-refractivity contribution in [3.05, 3.63) is 97.1 Å². The molecule has 0 saturated carbocycles. The van der Waals surface area contributed by atoms with Crippen LogP contribution in [0.5, 0.6) is 0 Å². The largest absolute Gasteiger partial charge is 0.462 e. The Morgan fingerprint density at radius 3 is 2.02 bits per heavy atom. The van der Waals surface area contributed by atoms with Gasteiger partial charge >= 0.3 is 12.1 Å². The summed E-state index contributed by atoms with van der Waals surface area (Å²) in [6.07, 6.45) is 2.99. The van der Waals surface area contributed by atoms with E-state index in [1.807, 2.05) is 74.5 Å². The zero-order chi connectivity index (χ0) is 32.3. The molecule has 10 nitrogen and oxygen atoms in total. The van der Waals surface area contributed by atoms with Gasteiger partial charge in [-0.1, -0.05) is 86.7 Å². The number of aliphatic hydroxyl groups is 1. The summed E-state index contributed by atoms with van der Waals surface area (Å²) >= 11 is 0. The molecule has 10 heteroatoms. The summed E-state index contributed by atoms with van der Waals surface area (Å²) in [5.74, 6) is -2.28. The van der Waals surface area contributed by atoms with Crippen molar-refractivity contribution in [1.82, 2.24) is 16.0 Å². The Morgan fingerprint density at radius 2 is 1.45 bits per heavy atom. The van der Waals surface area contributed by atoms with Gasteiger partial charge < -0.3 is 30.5 Å². The van der Waals surface area contributed by atoms with Crippen molar-refractivity contribution < 1.29 is 33.8 Å². The van der Waals surface area contributed by atoms with E-state index in [1.165, 1.54) is 6.08 Å². The molecular weight excluding hydrogens is 562 g/mol. The Balaban J connectivity index is 1.92. The minimum absolute atomic E-state index is 0.0432. The quantitative estimate of drug-likeness (QED) is 0.140. The molecule has 238 valence electrons. The van der Waals surface area contributed by atoms with Crippen molar-refractivity contribution in [2.24, 2.45) is 11.8 Å². The molecule has 0 heterocycles. The number of alkyl carbamates (subject to hydrolysis) is 1. The van der Waals surface area contributed by atoms with Gasteiger partial charge in [-0.2, -0.15) is 0 Å². The molecule has 4 N–H and O–H groups in total. The standard InChI is InChI=1S/C34H45N3O7/c1-5-13-27(20-31(39)35-28(21-38)19-25-15-9-7-10-16-25)32(40)36-30(24(3)4)23-43-33(41)29(14-6-2)37-34(42)44-22-26-17-11-8-12-18-26/h5-12,15-18,24,27-30,38H,1-2,13-14,19-23H2,3-4H3,(H,35,39)(H,36,40)(H,37,42)/t27-,28+,29-,30-/m1/s1. The van der Waals surface area contributed by atoms with Crippen LogP contribution in [0.15, 0.2) is 86.0 Å². The second-order valence-electron chi connectivity index (χ2n) is 10.8. The van der Waals surface area contributed by atoms with E-state index in [0.29, 0.717) is 6.42 Å². The van der Waals surface area contributed by atoms with Crippen LogP contribution in [0.1, 0.15) is 44.2 Å². The summed E-state index contributed by atoms with van der Waals surface area (Å²) in [4.78, 5) is 51.2. The summed E-state index contributed by atoms with van der Waals surface area (Å²) < 4.78 is 10.7. The first-order chi connectivity index (χ1) is 21.2. The minimum Gasteiger partial charge on any atom is -0.462 e. The van der Waals surface area contributed by atoms with Crippen LogP contribution in [0.3, 0.4) is 0 Å². The van der Waals surface area contributed by atoms with Crippen molar-refractivity contribution in [2.45, 2.75) is 64.3 Å². The van der Waals surface area contributed by atoms with Gasteiger partial charge in [-0.25, -0.2) is 9.59 Å². The first kappa shape index (κ1) is 35.8. The number of rotatable bonds is 19. The SMILES string of the molecule is C=CC[C@H](CC(=O)N[C@H](CO)Cc1ccccc1)C(=O)N[C@H](COC(=O)[C@@H](CC=C)NC(=O)OCc1ccccc1)C(C)C. The van der Waals surface area contributed by atoms with Crippen molar-refractivity contribution in [2.75, 3.05) is 13.2 Å². The number of hydrogen-bond donors (Lipinski definition) is 4. The molecule has 2 aromatic carbocycles. The molecule has 0 unspecified atom stereocenters. The number of carbonyl (C=O) groups is 4. The molecule has 0 aliphatic heterocycles. The molecule has 0 aromatic heterocycles. The average Bonchev–Trinajstić information content (AvgIpc) is 3.01. The maximum Gasteiger partial charge on any atom is 0.408 e. The lowest BCUT2D eigenvalue weighted by Crippen LogP contribution is -2.48. The molecule has 3 amide bonds. The van der Waals surface area contributed by atoms with Gasteiger partial charge in [-0.15, -0.1) is 13.2 Å². The minimum atomic E-state index is -1.02. The molecule has 0 spiro atoms. The Kier molecular flexibility index (Phi) is 16.0. The molecule has 44 heavy (non-hydrogen) atoms. The van der Waals surface area contributed by atoms with Crippen LogP contribution in [0.4, 0.5) is 4.79 Å². The van der Waals surface area contributed by atoms with Crippen LogP contribution in [0.2, 0.25) is 0 Å². The van der Waals surface area contributed by atoms with E-state index >= 15 is 0 Å². The van der Waals surface area contributed by atoms with Crippen LogP contribution < -0.4 is 16.0 Å². The summed E-state index contributed by atoms with van der Waals surface area (Å²) in [6.45, 7) is 10.7. The van der Waals surface area contributed by atoms with E-state index in [9.17, 15) is 24.3 Å². The molecule has 0 aliphatic rings. The number of allylic oxidation sites excluding steroid dienone is 1. The Hall–Kier alpha value is -4.44. The predicted molar refractivity (Wildman–Crippen MR) is 168 cm³/mol. The fourth-order valence-corrected chi connectivity index (χ4v) is 4.32. The van der Waals surface area contributed by atoms with Crippen LogP contribution >= 0.6 is 0 Å². The van der Waals surface area contributed by atoms with Gasteiger partial charge in [0.2, 0.25) is 11.8 Å². The van der Waals surface area contributed by atoms with Gasteiger partial charge in [0.05, 0.1) is 24.6 Å². The third-order valence-electron chi connectivity index (χ3n) is 6.89. The number of nitrogens with one attached hydrogen (secondary N) is 3. The summed E-state index contributed by atoms with van der Waals surface area (Å²) in [5.41, 5.74) is 1.77. The molecule has 2 aromatic rings. The van der Waals surface area contributed by atoms with Gasteiger partial charge in [-0.3, -0.25) is 9.59 Å². The van der Waals surface area contributed by atoms with Crippen LogP contribution in [0, 0.1) is 11.8 Å². The first-order valence-corrected chi connectivity index (χ1v) is 14.8. The monoisotopic (exact) mass is 607 g/mol. The van der Waals surface area contributed by atoms with Crippen molar-refractivity contribution >= 4 is 23.9 Å². The van der Waals surface area contributed by atoms with E-state index in [1.54, 1.807) is 6.08 Å². The number of aliphatic hydroxyl groups excluding tert-OH is 1. The molecule has 4 atom stereocenters. The highest BCUT2D eigenvalue weighted by molar-refractivity contribution is 5.86. The summed E-state index contributed by atoms with van der Waals surface area (Å²) in [5, 5.41) is 18.0. The van der Waals surface area contributed by atoms with Crippen LogP contribution in [0.25, 0.3) is 0 Å². The van der Waals surface area contributed by atoms with Crippen molar-refractivity contribution in [3.63, 3.8) is 0 Å². The predicted octanol–water partition coefficient (Wildman–Crippen LogP) is 3.84. The Bertz CT molecular complexity index is 1200. The number of ether oxygens (including phenoxy) is 2. The van der Waals surface area contributed by atoms with Crippen LogP contribution in [-0.4, -0.2) is 60.3 Å².